The normalized spacial score (nSPS) is 11.0. The van der Waals surface area contributed by atoms with Crippen LogP contribution < -0.4 is 10.5 Å². The van der Waals surface area contributed by atoms with Gasteiger partial charge in [0.25, 0.3) is 0 Å². The Balaban J connectivity index is 1.78. The number of carboxylic acid groups (broad SMARTS) is 4. The van der Waals surface area contributed by atoms with E-state index >= 15 is 0 Å². The number of methoxy groups -OCH3 is 1. The molecule has 0 fully saturated rings. The van der Waals surface area contributed by atoms with Gasteiger partial charge in [-0.05, 0) is 59.7 Å². The Morgan fingerprint density at radius 1 is 0.617 bits per heavy atom. The van der Waals surface area contributed by atoms with Gasteiger partial charge < -0.3 is 30.9 Å². The zero-order valence-corrected chi connectivity index (χ0v) is 25.2. The summed E-state index contributed by atoms with van der Waals surface area (Å²) in [5.74, 6) is -4.22. The average molecular weight is 645 g/mol. The number of hydrogen-bond acceptors (Lipinski definition) is 11. The number of anilines is 1. The van der Waals surface area contributed by atoms with Crippen molar-refractivity contribution in [2.24, 2.45) is 0 Å². The molecule has 47 heavy (non-hydrogen) atoms. The Morgan fingerprint density at radius 3 is 1.45 bits per heavy atom. The number of aromatic nitrogens is 3. The van der Waals surface area contributed by atoms with E-state index in [1.54, 1.807) is 60.7 Å². The van der Waals surface area contributed by atoms with Crippen LogP contribution in [0.5, 0.6) is 5.75 Å². The summed E-state index contributed by atoms with van der Waals surface area (Å²) in [5.41, 5.74) is 10.5. The van der Waals surface area contributed by atoms with Crippen LogP contribution in [0.15, 0.2) is 66.7 Å². The van der Waals surface area contributed by atoms with E-state index in [2.05, 4.69) is 9.97 Å². The zero-order valence-electron chi connectivity index (χ0n) is 25.2. The summed E-state index contributed by atoms with van der Waals surface area (Å²) >= 11 is 0. The number of rotatable bonds is 16. The minimum absolute atomic E-state index is 0.0409. The average Bonchev–Trinajstić information content (AvgIpc) is 2.99. The Hall–Kier alpha value is -5.93. The fourth-order valence-electron chi connectivity index (χ4n) is 4.85. The molecule has 6 N–H and O–H groups in total. The minimum atomic E-state index is -1.18. The molecule has 3 aromatic heterocycles. The summed E-state index contributed by atoms with van der Waals surface area (Å²) in [4.78, 5) is 61.8. The van der Waals surface area contributed by atoms with E-state index in [4.69, 9.17) is 15.5 Å². The van der Waals surface area contributed by atoms with Gasteiger partial charge in [-0.3, -0.25) is 29.0 Å². The first-order chi connectivity index (χ1) is 22.4. The van der Waals surface area contributed by atoms with Crippen LogP contribution in [0.1, 0.15) is 11.4 Å². The maximum Gasteiger partial charge on any atom is 0.317 e. The van der Waals surface area contributed by atoms with E-state index in [9.17, 15) is 39.6 Å². The lowest BCUT2D eigenvalue weighted by atomic mass is 10.0. The van der Waals surface area contributed by atoms with E-state index in [0.717, 1.165) is 5.56 Å². The molecule has 244 valence electrons. The van der Waals surface area contributed by atoms with Gasteiger partial charge in [0.05, 0.1) is 73.1 Å². The molecule has 4 aromatic rings. The van der Waals surface area contributed by atoms with Gasteiger partial charge in [0, 0.05) is 13.1 Å². The van der Waals surface area contributed by atoms with Gasteiger partial charge in [0.2, 0.25) is 0 Å². The minimum Gasteiger partial charge on any atom is -0.495 e. The highest BCUT2D eigenvalue weighted by Crippen LogP contribution is 2.33. The SMILES string of the molecule is COc1ccc(-c2cc(-c3cccc(CN(CC(=O)O)CC(=O)O)n3)nc(-c3cccc(CN(CC(=O)O)CC(=O)O)n3)c2)cc1N. The molecule has 0 unspecified atom stereocenters. The molecule has 4 rings (SSSR count). The van der Waals surface area contributed by atoms with Gasteiger partial charge in [-0.15, -0.1) is 0 Å². The quantitative estimate of drug-likeness (QED) is 0.110. The molecule has 0 aliphatic heterocycles. The van der Waals surface area contributed by atoms with E-state index in [1.165, 1.54) is 16.9 Å². The van der Waals surface area contributed by atoms with Crippen LogP contribution in [0.25, 0.3) is 33.9 Å². The predicted molar refractivity (Wildman–Crippen MR) is 168 cm³/mol. The molecule has 0 atom stereocenters. The molecule has 0 bridgehead atoms. The molecule has 0 aliphatic carbocycles. The highest BCUT2D eigenvalue weighted by molar-refractivity contribution is 5.78. The molecule has 0 aliphatic rings. The highest BCUT2D eigenvalue weighted by atomic mass is 16.5. The number of nitrogens with two attached hydrogens (primary N) is 1. The molecule has 0 radical (unpaired) electrons. The number of carboxylic acids is 4. The van der Waals surface area contributed by atoms with Crippen LogP contribution in [-0.4, -0.2) is 102 Å². The van der Waals surface area contributed by atoms with Crippen molar-refractivity contribution in [2.45, 2.75) is 13.1 Å². The molecule has 0 spiro atoms. The molecule has 0 saturated heterocycles. The predicted octanol–water partition coefficient (Wildman–Crippen LogP) is 2.41. The van der Waals surface area contributed by atoms with E-state index in [-0.39, 0.29) is 13.1 Å². The van der Waals surface area contributed by atoms with Crippen LogP contribution >= 0.6 is 0 Å². The Morgan fingerprint density at radius 2 is 1.06 bits per heavy atom. The lowest BCUT2D eigenvalue weighted by Crippen LogP contribution is -2.34. The van der Waals surface area contributed by atoms with Crippen LogP contribution in [-0.2, 0) is 32.3 Å². The number of nitrogens with zero attached hydrogens (tertiary/aromatic N) is 5. The molecular weight excluding hydrogens is 612 g/mol. The number of nitrogen functional groups attached to an aromatic ring is 1. The maximum atomic E-state index is 11.3. The van der Waals surface area contributed by atoms with Gasteiger partial charge in [-0.2, -0.15) is 0 Å². The fourth-order valence-corrected chi connectivity index (χ4v) is 4.85. The molecule has 1 aromatic carbocycles. The summed E-state index contributed by atoms with van der Waals surface area (Å²) in [6.45, 7) is -2.05. The second-order valence-corrected chi connectivity index (χ2v) is 10.5. The van der Waals surface area contributed by atoms with Crippen LogP contribution in [0.2, 0.25) is 0 Å². The van der Waals surface area contributed by atoms with Crippen molar-refractivity contribution in [3.05, 3.63) is 78.1 Å². The van der Waals surface area contributed by atoms with Crippen LogP contribution in [0, 0.1) is 0 Å². The topological polar surface area (TPSA) is 230 Å². The summed E-state index contributed by atoms with van der Waals surface area (Å²) in [5, 5.41) is 37.0. The molecule has 0 amide bonds. The number of carbonyl (C=O) groups is 4. The zero-order chi connectivity index (χ0) is 34.1. The molecular formula is C32H32N6O9. The first kappa shape index (κ1) is 34.0. The van der Waals surface area contributed by atoms with Crippen molar-refractivity contribution in [2.75, 3.05) is 39.0 Å². The van der Waals surface area contributed by atoms with Crippen LogP contribution in [0.3, 0.4) is 0 Å². The Kier molecular flexibility index (Phi) is 11.1. The van der Waals surface area contributed by atoms with E-state index in [1.807, 2.05) is 6.07 Å². The highest BCUT2D eigenvalue weighted by Gasteiger charge is 2.18. The number of aliphatic carboxylic acids is 4. The number of hydrogen-bond donors (Lipinski definition) is 5. The lowest BCUT2D eigenvalue weighted by Gasteiger charge is -2.18. The van der Waals surface area contributed by atoms with Crippen LogP contribution in [0.4, 0.5) is 5.69 Å². The second kappa shape index (κ2) is 15.4. The van der Waals surface area contributed by atoms with E-state index < -0.39 is 50.1 Å². The third-order valence-electron chi connectivity index (χ3n) is 6.73. The van der Waals surface area contributed by atoms with Crippen molar-refractivity contribution in [1.29, 1.82) is 0 Å². The van der Waals surface area contributed by atoms with Crippen molar-refractivity contribution >= 4 is 29.6 Å². The smallest absolute Gasteiger partial charge is 0.317 e. The largest absolute Gasteiger partial charge is 0.495 e. The number of pyridine rings is 3. The molecule has 3 heterocycles. The first-order valence-corrected chi connectivity index (χ1v) is 14.1. The third kappa shape index (κ3) is 9.78. The fraction of sp³-hybridized carbons (Fsp3) is 0.219. The maximum absolute atomic E-state index is 11.3. The van der Waals surface area contributed by atoms with Crippen molar-refractivity contribution < 1.29 is 44.3 Å². The lowest BCUT2D eigenvalue weighted by molar-refractivity contribution is -0.144. The van der Waals surface area contributed by atoms with Gasteiger partial charge in [0.15, 0.2) is 0 Å². The summed E-state index contributed by atoms with van der Waals surface area (Å²) in [6.07, 6.45) is 0. The van der Waals surface area contributed by atoms with Crippen molar-refractivity contribution in [1.82, 2.24) is 24.8 Å². The second-order valence-electron chi connectivity index (χ2n) is 10.5. The first-order valence-electron chi connectivity index (χ1n) is 14.1. The number of benzene rings is 1. The standard InChI is InChI=1S/C32H32N6O9/c1-47-28-9-8-19(10-23(28)33)20-11-26(24-6-2-4-21(34-24)13-37(15-29(39)40)16-30(41)42)36-27(12-20)25-7-3-5-22(35-25)14-38(17-31(43)44)18-32(45)46/h2-12H,13-18,33H2,1H3,(H,39,40)(H,41,42)(H,43,44)(H,45,46). The monoisotopic (exact) mass is 644 g/mol. The third-order valence-corrected chi connectivity index (χ3v) is 6.73. The molecule has 15 heteroatoms. The van der Waals surface area contributed by atoms with Gasteiger partial charge in [-0.1, -0.05) is 18.2 Å². The Bertz CT molecular complexity index is 1670. The Labute approximate surface area is 268 Å². The van der Waals surface area contributed by atoms with Crippen molar-refractivity contribution in [3.63, 3.8) is 0 Å². The van der Waals surface area contributed by atoms with Gasteiger partial charge in [-0.25, -0.2) is 15.0 Å². The summed E-state index contributed by atoms with van der Waals surface area (Å²) < 4.78 is 5.30. The number of ether oxygens (including phenoxy) is 1. The summed E-state index contributed by atoms with van der Waals surface area (Å²) in [6, 6.07) is 19.0. The van der Waals surface area contributed by atoms with Gasteiger partial charge in [0.1, 0.15) is 5.75 Å². The van der Waals surface area contributed by atoms with Crippen molar-refractivity contribution in [3.8, 4) is 39.7 Å². The molecule has 0 saturated carbocycles. The molecule has 15 nitrogen and oxygen atoms in total. The van der Waals surface area contributed by atoms with E-state index in [0.29, 0.717) is 51.2 Å². The van der Waals surface area contributed by atoms with Gasteiger partial charge >= 0.3 is 23.9 Å². The summed E-state index contributed by atoms with van der Waals surface area (Å²) in [7, 11) is 1.51.